The number of piperidine rings is 1. The Bertz CT molecular complexity index is 696. The van der Waals surface area contributed by atoms with E-state index in [-0.39, 0.29) is 6.03 Å². The molecule has 23 heavy (non-hydrogen) atoms. The molecule has 0 spiro atoms. The fourth-order valence-electron chi connectivity index (χ4n) is 3.58. The standard InChI is InChI=1S/C19H27N3O/c1-4-9-20-19(23)22-10-7-15(8-11-22)18-14(3)16-12-13(2)5-6-17(16)21-18/h5-6,12,15,21H,4,7-11H2,1-3H3,(H,20,23). The number of aromatic nitrogens is 1. The number of aromatic amines is 1. The second-order valence-electron chi connectivity index (χ2n) is 6.71. The monoisotopic (exact) mass is 313 g/mol. The van der Waals surface area contributed by atoms with Gasteiger partial charge in [-0.2, -0.15) is 0 Å². The summed E-state index contributed by atoms with van der Waals surface area (Å²) in [7, 11) is 0. The summed E-state index contributed by atoms with van der Waals surface area (Å²) in [6.07, 6.45) is 3.05. The van der Waals surface area contributed by atoms with Gasteiger partial charge in [0.2, 0.25) is 0 Å². The molecule has 1 saturated heterocycles. The van der Waals surface area contributed by atoms with Crippen LogP contribution in [0.2, 0.25) is 0 Å². The minimum atomic E-state index is 0.0919. The van der Waals surface area contributed by atoms with Gasteiger partial charge in [-0.1, -0.05) is 18.6 Å². The van der Waals surface area contributed by atoms with Crippen molar-refractivity contribution in [2.45, 2.75) is 46.0 Å². The van der Waals surface area contributed by atoms with Gasteiger partial charge in [-0.05, 0) is 50.8 Å². The van der Waals surface area contributed by atoms with E-state index in [0.717, 1.165) is 38.9 Å². The molecule has 4 heteroatoms. The third kappa shape index (κ3) is 3.21. The largest absolute Gasteiger partial charge is 0.358 e. The maximum absolute atomic E-state index is 12.1. The first kappa shape index (κ1) is 15.9. The molecule has 1 aliphatic heterocycles. The van der Waals surface area contributed by atoms with E-state index in [1.54, 1.807) is 0 Å². The Hall–Kier alpha value is -1.97. The number of H-pyrrole nitrogens is 1. The zero-order valence-corrected chi connectivity index (χ0v) is 14.4. The van der Waals surface area contributed by atoms with Crippen molar-refractivity contribution in [2.24, 2.45) is 0 Å². The summed E-state index contributed by atoms with van der Waals surface area (Å²) < 4.78 is 0. The number of hydrogen-bond acceptors (Lipinski definition) is 1. The van der Waals surface area contributed by atoms with Crippen molar-refractivity contribution in [3.05, 3.63) is 35.0 Å². The molecule has 0 atom stereocenters. The van der Waals surface area contributed by atoms with Gasteiger partial charge in [0.25, 0.3) is 0 Å². The summed E-state index contributed by atoms with van der Waals surface area (Å²) in [5.41, 5.74) is 5.26. The smallest absolute Gasteiger partial charge is 0.317 e. The van der Waals surface area contributed by atoms with E-state index in [2.05, 4.69) is 49.3 Å². The lowest BCUT2D eigenvalue weighted by molar-refractivity contribution is 0.181. The van der Waals surface area contributed by atoms with Gasteiger partial charge in [-0.3, -0.25) is 0 Å². The van der Waals surface area contributed by atoms with Crippen LogP contribution in [0, 0.1) is 13.8 Å². The fraction of sp³-hybridized carbons (Fsp3) is 0.526. The van der Waals surface area contributed by atoms with Crippen molar-refractivity contribution in [2.75, 3.05) is 19.6 Å². The Balaban J connectivity index is 1.70. The number of carbonyl (C=O) groups excluding carboxylic acids is 1. The molecule has 1 aromatic carbocycles. The average Bonchev–Trinajstić information content (AvgIpc) is 2.89. The second kappa shape index (κ2) is 6.65. The average molecular weight is 313 g/mol. The van der Waals surface area contributed by atoms with E-state index in [1.807, 2.05) is 4.90 Å². The van der Waals surface area contributed by atoms with Gasteiger partial charge in [0.1, 0.15) is 0 Å². The van der Waals surface area contributed by atoms with Gasteiger partial charge in [-0.15, -0.1) is 0 Å². The first-order valence-corrected chi connectivity index (χ1v) is 8.71. The number of carbonyl (C=O) groups is 1. The normalized spacial score (nSPS) is 16.0. The predicted octanol–water partition coefficient (Wildman–Crippen LogP) is 4.08. The Labute approximate surface area is 138 Å². The number of nitrogens with zero attached hydrogens (tertiary/aromatic N) is 1. The summed E-state index contributed by atoms with van der Waals surface area (Å²) in [5, 5.41) is 4.31. The van der Waals surface area contributed by atoms with Crippen molar-refractivity contribution >= 4 is 16.9 Å². The van der Waals surface area contributed by atoms with E-state index < -0.39 is 0 Å². The van der Waals surface area contributed by atoms with Crippen molar-refractivity contribution in [1.82, 2.24) is 15.2 Å². The number of benzene rings is 1. The summed E-state index contributed by atoms with van der Waals surface area (Å²) in [5.74, 6) is 0.526. The highest BCUT2D eigenvalue weighted by Crippen LogP contribution is 2.33. The van der Waals surface area contributed by atoms with Crippen LogP contribution in [0.1, 0.15) is 48.9 Å². The topological polar surface area (TPSA) is 48.1 Å². The van der Waals surface area contributed by atoms with Gasteiger partial charge in [-0.25, -0.2) is 4.79 Å². The fourth-order valence-corrected chi connectivity index (χ4v) is 3.58. The molecule has 2 amide bonds. The van der Waals surface area contributed by atoms with Crippen LogP contribution in [-0.2, 0) is 0 Å². The lowest BCUT2D eigenvalue weighted by Gasteiger charge is -2.32. The first-order valence-electron chi connectivity index (χ1n) is 8.71. The molecule has 1 aromatic heterocycles. The number of likely N-dealkylation sites (tertiary alicyclic amines) is 1. The van der Waals surface area contributed by atoms with Gasteiger partial charge >= 0.3 is 6.03 Å². The number of rotatable bonds is 3. The molecule has 2 heterocycles. The highest BCUT2D eigenvalue weighted by molar-refractivity contribution is 5.85. The van der Waals surface area contributed by atoms with Gasteiger partial charge in [0, 0.05) is 42.1 Å². The first-order chi connectivity index (χ1) is 11.1. The van der Waals surface area contributed by atoms with Gasteiger partial charge < -0.3 is 15.2 Å². The molecule has 1 fully saturated rings. The van der Waals surface area contributed by atoms with Crippen LogP contribution in [0.5, 0.6) is 0 Å². The zero-order chi connectivity index (χ0) is 16.4. The summed E-state index contributed by atoms with van der Waals surface area (Å²) in [4.78, 5) is 17.6. The molecule has 3 rings (SSSR count). The third-order valence-electron chi connectivity index (χ3n) is 4.97. The maximum Gasteiger partial charge on any atom is 0.317 e. The lowest BCUT2D eigenvalue weighted by atomic mass is 9.91. The Morgan fingerprint density at radius 3 is 2.74 bits per heavy atom. The van der Waals surface area contributed by atoms with E-state index in [9.17, 15) is 4.79 Å². The number of nitrogens with one attached hydrogen (secondary N) is 2. The number of aryl methyl sites for hydroxylation is 2. The molecule has 0 aliphatic carbocycles. The van der Waals surface area contributed by atoms with Crippen LogP contribution in [0.25, 0.3) is 10.9 Å². The van der Waals surface area contributed by atoms with Crippen molar-refractivity contribution in [3.8, 4) is 0 Å². The molecule has 2 aromatic rings. The lowest BCUT2D eigenvalue weighted by Crippen LogP contribution is -2.44. The van der Waals surface area contributed by atoms with Crippen LogP contribution in [-0.4, -0.2) is 35.5 Å². The molecule has 1 aliphatic rings. The second-order valence-corrected chi connectivity index (χ2v) is 6.71. The Morgan fingerprint density at radius 1 is 1.30 bits per heavy atom. The minimum Gasteiger partial charge on any atom is -0.358 e. The summed E-state index contributed by atoms with van der Waals surface area (Å²) in [6, 6.07) is 6.68. The third-order valence-corrected chi connectivity index (χ3v) is 4.97. The number of fused-ring (bicyclic) bond motifs is 1. The molecule has 0 radical (unpaired) electrons. The number of hydrogen-bond donors (Lipinski definition) is 2. The van der Waals surface area contributed by atoms with E-state index in [1.165, 1.54) is 27.7 Å². The molecule has 4 nitrogen and oxygen atoms in total. The van der Waals surface area contributed by atoms with E-state index >= 15 is 0 Å². The van der Waals surface area contributed by atoms with E-state index in [0.29, 0.717) is 5.92 Å². The minimum absolute atomic E-state index is 0.0919. The summed E-state index contributed by atoms with van der Waals surface area (Å²) >= 11 is 0. The predicted molar refractivity (Wildman–Crippen MR) is 95.0 cm³/mol. The van der Waals surface area contributed by atoms with Crippen molar-refractivity contribution < 1.29 is 4.79 Å². The Morgan fingerprint density at radius 2 is 2.04 bits per heavy atom. The number of amides is 2. The van der Waals surface area contributed by atoms with Crippen LogP contribution >= 0.6 is 0 Å². The van der Waals surface area contributed by atoms with E-state index in [4.69, 9.17) is 0 Å². The summed E-state index contributed by atoms with van der Waals surface area (Å²) in [6.45, 7) is 8.88. The van der Waals surface area contributed by atoms with Crippen LogP contribution in [0.4, 0.5) is 4.79 Å². The SMILES string of the molecule is CCCNC(=O)N1CCC(c2[nH]c3ccc(C)cc3c2C)CC1. The molecular formula is C19H27N3O. The number of urea groups is 1. The zero-order valence-electron chi connectivity index (χ0n) is 14.4. The van der Waals surface area contributed by atoms with Crippen LogP contribution in [0.15, 0.2) is 18.2 Å². The van der Waals surface area contributed by atoms with Crippen molar-refractivity contribution in [1.29, 1.82) is 0 Å². The van der Waals surface area contributed by atoms with Crippen molar-refractivity contribution in [3.63, 3.8) is 0 Å². The molecule has 124 valence electrons. The molecular weight excluding hydrogens is 286 g/mol. The maximum atomic E-state index is 12.1. The quantitative estimate of drug-likeness (QED) is 0.881. The van der Waals surface area contributed by atoms with Crippen LogP contribution in [0.3, 0.4) is 0 Å². The molecule has 2 N–H and O–H groups in total. The molecule has 0 bridgehead atoms. The van der Waals surface area contributed by atoms with Gasteiger partial charge in [0.05, 0.1) is 0 Å². The Kier molecular flexibility index (Phi) is 4.60. The highest BCUT2D eigenvalue weighted by Gasteiger charge is 2.26. The van der Waals surface area contributed by atoms with Crippen LogP contribution < -0.4 is 5.32 Å². The van der Waals surface area contributed by atoms with Gasteiger partial charge in [0.15, 0.2) is 0 Å². The highest BCUT2D eigenvalue weighted by atomic mass is 16.2. The molecule has 0 saturated carbocycles. The molecule has 0 unspecified atom stereocenters.